The van der Waals surface area contributed by atoms with Gasteiger partial charge in [-0.15, -0.1) is 0 Å². The third-order valence-electron chi connectivity index (χ3n) is 4.09. The van der Waals surface area contributed by atoms with Gasteiger partial charge in [-0.05, 0) is 19.0 Å². The summed E-state index contributed by atoms with van der Waals surface area (Å²) in [4.78, 5) is 22.1. The Hall–Kier alpha value is -1.48. The van der Waals surface area contributed by atoms with E-state index in [1.807, 2.05) is 0 Å². The van der Waals surface area contributed by atoms with Crippen molar-refractivity contribution in [3.63, 3.8) is 0 Å². The average molecular weight is 375 g/mol. The first-order valence-corrected chi connectivity index (χ1v) is 9.23. The van der Waals surface area contributed by atoms with Crippen LogP contribution in [0.2, 0.25) is 0 Å². The summed E-state index contributed by atoms with van der Waals surface area (Å²) in [7, 11) is 0. The Labute approximate surface area is 154 Å². The lowest BCUT2D eigenvalue weighted by Gasteiger charge is -2.23. The smallest absolute Gasteiger partial charge is 0.335 e. The molecule has 0 radical (unpaired) electrons. The van der Waals surface area contributed by atoms with E-state index in [0.717, 1.165) is 19.3 Å². The van der Waals surface area contributed by atoms with Crippen LogP contribution in [0.5, 0.6) is 0 Å². The molecule has 0 saturated carbocycles. The zero-order valence-corrected chi connectivity index (χ0v) is 15.4. The standard InChI is InChI=1S/C18H33NO7/c1-2-3-4-5-6-7-8-9-10-11-12-19-17(24)15(22)13(20)14(21)16(23)18(25)26/h11-16,20-23H,2-10H2,1H3,(H,19,24)(H,25,26)/t13-,14-,15+,16-/m1/s1. The largest absolute Gasteiger partial charge is 0.479 e. The molecule has 4 atom stereocenters. The van der Waals surface area contributed by atoms with Gasteiger partial charge in [-0.2, -0.15) is 0 Å². The number of aliphatic hydroxyl groups excluding tert-OH is 4. The number of carbonyl (C=O) groups is 2. The molecule has 0 aromatic heterocycles. The predicted molar refractivity (Wildman–Crippen MR) is 96.2 cm³/mol. The SMILES string of the molecule is CCCCCCCCCCC=CNC(=O)[C@@H](O)[C@H](O)[C@@H](O)[C@@H](O)C(=O)O. The van der Waals surface area contributed by atoms with E-state index < -0.39 is 36.3 Å². The van der Waals surface area contributed by atoms with Crippen LogP contribution in [-0.2, 0) is 9.59 Å². The van der Waals surface area contributed by atoms with Crippen LogP contribution >= 0.6 is 0 Å². The molecule has 6 N–H and O–H groups in total. The molecule has 152 valence electrons. The van der Waals surface area contributed by atoms with Gasteiger partial charge >= 0.3 is 5.97 Å². The van der Waals surface area contributed by atoms with Crippen LogP contribution in [0.15, 0.2) is 12.3 Å². The number of carboxylic acid groups (broad SMARTS) is 1. The first kappa shape index (κ1) is 24.5. The summed E-state index contributed by atoms with van der Waals surface area (Å²) in [6, 6.07) is 0. The number of unbranched alkanes of at least 4 members (excludes halogenated alkanes) is 8. The van der Waals surface area contributed by atoms with Gasteiger partial charge < -0.3 is 30.8 Å². The van der Waals surface area contributed by atoms with Gasteiger partial charge in [0, 0.05) is 0 Å². The zero-order chi connectivity index (χ0) is 19.9. The Morgan fingerprint density at radius 3 is 1.88 bits per heavy atom. The summed E-state index contributed by atoms with van der Waals surface area (Å²) in [6.07, 6.45) is 4.71. The van der Waals surface area contributed by atoms with E-state index in [1.165, 1.54) is 44.7 Å². The normalized spacial score (nSPS) is 16.2. The maximum atomic E-state index is 11.6. The fraction of sp³-hybridized carbons (Fsp3) is 0.778. The number of hydrogen-bond donors (Lipinski definition) is 6. The van der Waals surface area contributed by atoms with Crippen molar-refractivity contribution in [3.05, 3.63) is 12.3 Å². The van der Waals surface area contributed by atoms with Gasteiger partial charge in [-0.3, -0.25) is 4.79 Å². The van der Waals surface area contributed by atoms with E-state index in [4.69, 9.17) is 10.2 Å². The fourth-order valence-corrected chi connectivity index (χ4v) is 2.38. The minimum Gasteiger partial charge on any atom is -0.479 e. The molecular formula is C18H33NO7. The van der Waals surface area contributed by atoms with Crippen LogP contribution < -0.4 is 5.32 Å². The summed E-state index contributed by atoms with van der Waals surface area (Å²) in [5.74, 6) is -2.77. The molecule has 0 aliphatic carbocycles. The molecule has 0 aromatic rings. The molecule has 0 heterocycles. The summed E-state index contributed by atoms with van der Waals surface area (Å²) in [5, 5.41) is 48.4. The highest BCUT2D eigenvalue weighted by molar-refractivity contribution is 5.82. The monoisotopic (exact) mass is 375 g/mol. The van der Waals surface area contributed by atoms with Gasteiger partial charge in [0.2, 0.25) is 0 Å². The van der Waals surface area contributed by atoms with E-state index in [1.54, 1.807) is 6.08 Å². The third-order valence-corrected chi connectivity index (χ3v) is 4.09. The predicted octanol–water partition coefficient (Wildman–Crippen LogP) is 0.675. The van der Waals surface area contributed by atoms with Crippen molar-refractivity contribution in [1.82, 2.24) is 5.32 Å². The summed E-state index contributed by atoms with van der Waals surface area (Å²) in [5.41, 5.74) is 0. The third kappa shape index (κ3) is 10.5. The topological polar surface area (TPSA) is 147 Å². The second-order valence-corrected chi connectivity index (χ2v) is 6.38. The molecule has 0 bridgehead atoms. The van der Waals surface area contributed by atoms with E-state index >= 15 is 0 Å². The van der Waals surface area contributed by atoms with Crippen molar-refractivity contribution in [2.75, 3.05) is 0 Å². The highest BCUT2D eigenvalue weighted by atomic mass is 16.4. The highest BCUT2D eigenvalue weighted by Gasteiger charge is 2.37. The van der Waals surface area contributed by atoms with Crippen molar-refractivity contribution in [3.8, 4) is 0 Å². The number of amides is 1. The van der Waals surface area contributed by atoms with Gasteiger partial charge in [0.1, 0.15) is 12.2 Å². The molecule has 0 fully saturated rings. The summed E-state index contributed by atoms with van der Waals surface area (Å²) in [6.45, 7) is 2.19. The Kier molecular flexibility index (Phi) is 13.8. The van der Waals surface area contributed by atoms with Crippen LogP contribution in [0, 0.1) is 0 Å². The van der Waals surface area contributed by atoms with Gasteiger partial charge in [0.25, 0.3) is 5.91 Å². The number of aliphatic hydroxyl groups is 4. The molecule has 8 nitrogen and oxygen atoms in total. The van der Waals surface area contributed by atoms with Crippen molar-refractivity contribution < 1.29 is 35.1 Å². The highest BCUT2D eigenvalue weighted by Crippen LogP contribution is 2.10. The number of allylic oxidation sites excluding steroid dienone is 1. The summed E-state index contributed by atoms with van der Waals surface area (Å²) >= 11 is 0. The number of carbonyl (C=O) groups excluding carboxylic acids is 1. The average Bonchev–Trinajstić information content (AvgIpc) is 2.63. The van der Waals surface area contributed by atoms with Crippen LogP contribution in [0.3, 0.4) is 0 Å². The van der Waals surface area contributed by atoms with Crippen molar-refractivity contribution in [2.45, 2.75) is 89.1 Å². The van der Waals surface area contributed by atoms with Crippen LogP contribution in [0.25, 0.3) is 0 Å². The van der Waals surface area contributed by atoms with E-state index in [9.17, 15) is 24.9 Å². The first-order valence-electron chi connectivity index (χ1n) is 9.23. The first-order chi connectivity index (χ1) is 12.3. The van der Waals surface area contributed by atoms with Crippen LogP contribution in [0.4, 0.5) is 0 Å². The molecule has 0 saturated heterocycles. The molecule has 0 aliphatic heterocycles. The molecule has 0 aromatic carbocycles. The quantitative estimate of drug-likeness (QED) is 0.231. The van der Waals surface area contributed by atoms with Gasteiger partial charge in [-0.1, -0.05) is 57.9 Å². The van der Waals surface area contributed by atoms with Crippen molar-refractivity contribution in [2.24, 2.45) is 0 Å². The molecule has 0 aliphatic rings. The molecule has 0 rings (SSSR count). The Balaban J connectivity index is 3.92. The van der Waals surface area contributed by atoms with E-state index in [0.29, 0.717) is 0 Å². The van der Waals surface area contributed by atoms with Crippen LogP contribution in [-0.4, -0.2) is 61.8 Å². The number of rotatable bonds is 15. The fourth-order valence-electron chi connectivity index (χ4n) is 2.38. The second kappa shape index (κ2) is 14.7. The maximum Gasteiger partial charge on any atom is 0.335 e. The number of nitrogens with one attached hydrogen (secondary N) is 1. The number of aliphatic carboxylic acids is 1. The molecule has 0 unspecified atom stereocenters. The van der Waals surface area contributed by atoms with Crippen LogP contribution in [0.1, 0.15) is 64.7 Å². The lowest BCUT2D eigenvalue weighted by Crippen LogP contribution is -2.52. The Bertz CT molecular complexity index is 428. The van der Waals surface area contributed by atoms with Crippen molar-refractivity contribution in [1.29, 1.82) is 0 Å². The maximum absolute atomic E-state index is 11.6. The lowest BCUT2D eigenvalue weighted by molar-refractivity contribution is -0.166. The molecule has 26 heavy (non-hydrogen) atoms. The molecular weight excluding hydrogens is 342 g/mol. The lowest BCUT2D eigenvalue weighted by atomic mass is 10.0. The van der Waals surface area contributed by atoms with Gasteiger partial charge in [0.15, 0.2) is 12.2 Å². The molecule has 1 amide bonds. The number of hydrogen-bond acceptors (Lipinski definition) is 6. The van der Waals surface area contributed by atoms with E-state index in [2.05, 4.69) is 12.2 Å². The number of carboxylic acids is 1. The van der Waals surface area contributed by atoms with Crippen molar-refractivity contribution >= 4 is 11.9 Å². The second-order valence-electron chi connectivity index (χ2n) is 6.38. The van der Waals surface area contributed by atoms with E-state index in [-0.39, 0.29) is 0 Å². The molecule has 8 heteroatoms. The minimum absolute atomic E-state index is 0.758. The Morgan fingerprint density at radius 1 is 0.846 bits per heavy atom. The van der Waals surface area contributed by atoms with Gasteiger partial charge in [-0.25, -0.2) is 4.79 Å². The van der Waals surface area contributed by atoms with Gasteiger partial charge in [0.05, 0.1) is 0 Å². The summed E-state index contributed by atoms with van der Waals surface area (Å²) < 4.78 is 0. The molecule has 0 spiro atoms. The Morgan fingerprint density at radius 2 is 1.35 bits per heavy atom. The zero-order valence-electron chi connectivity index (χ0n) is 15.4. The minimum atomic E-state index is -2.30.